The van der Waals surface area contributed by atoms with E-state index in [1.807, 2.05) is 30.3 Å². The Labute approximate surface area is 123 Å². The van der Waals surface area contributed by atoms with Crippen LogP contribution in [0.3, 0.4) is 0 Å². The lowest BCUT2D eigenvalue weighted by Gasteiger charge is -2.08. The maximum Gasteiger partial charge on any atom is 0.146 e. The zero-order valence-electron chi connectivity index (χ0n) is 9.77. The number of nitrogens with zero attached hydrogens (tertiary/aromatic N) is 2. The molecule has 0 saturated heterocycles. The fraction of sp³-hybridized carbons (Fsp3) is 0. The molecule has 19 heavy (non-hydrogen) atoms. The molecule has 0 amide bonds. The Bertz CT molecular complexity index is 746. The Kier molecular flexibility index (Phi) is 3.36. The van der Waals surface area contributed by atoms with Gasteiger partial charge in [0.1, 0.15) is 11.6 Å². The van der Waals surface area contributed by atoms with Gasteiger partial charge in [0.05, 0.1) is 9.99 Å². The van der Waals surface area contributed by atoms with E-state index in [0.29, 0.717) is 16.7 Å². The lowest BCUT2D eigenvalue weighted by Crippen LogP contribution is -1.97. The van der Waals surface area contributed by atoms with Crippen LogP contribution in [0, 0.1) is 0 Å². The fourth-order valence-corrected chi connectivity index (χ4v) is 2.37. The van der Waals surface area contributed by atoms with Gasteiger partial charge in [-0.15, -0.1) is 0 Å². The van der Waals surface area contributed by atoms with Crippen molar-refractivity contribution >= 4 is 50.1 Å². The SMILES string of the molecule is Clc1ccnc(Nc2nc3ccccc3cc2Br)c1. The van der Waals surface area contributed by atoms with Gasteiger partial charge in [-0.1, -0.05) is 29.8 Å². The number of hydrogen-bond donors (Lipinski definition) is 1. The van der Waals surface area contributed by atoms with Gasteiger partial charge in [0, 0.05) is 16.6 Å². The van der Waals surface area contributed by atoms with Crippen LogP contribution < -0.4 is 5.32 Å². The molecule has 2 heterocycles. The first kappa shape index (κ1) is 12.4. The number of anilines is 2. The molecule has 3 rings (SSSR count). The first-order valence-corrected chi connectivity index (χ1v) is 6.83. The van der Waals surface area contributed by atoms with Crippen molar-refractivity contribution in [1.29, 1.82) is 0 Å². The summed E-state index contributed by atoms with van der Waals surface area (Å²) < 4.78 is 0.882. The second-order valence-corrected chi connectivity index (χ2v) is 5.29. The number of fused-ring (bicyclic) bond motifs is 1. The van der Waals surface area contributed by atoms with Crippen LogP contribution in [0.5, 0.6) is 0 Å². The third kappa shape index (κ3) is 2.69. The van der Waals surface area contributed by atoms with Crippen LogP contribution in [0.25, 0.3) is 10.9 Å². The van der Waals surface area contributed by atoms with Crippen LogP contribution in [0.4, 0.5) is 11.6 Å². The van der Waals surface area contributed by atoms with E-state index in [1.165, 1.54) is 0 Å². The quantitative estimate of drug-likeness (QED) is 0.732. The van der Waals surface area contributed by atoms with E-state index in [1.54, 1.807) is 18.3 Å². The standard InChI is InChI=1S/C14H9BrClN3/c15-11-7-9-3-1-2-4-12(9)18-14(11)19-13-8-10(16)5-6-17-13/h1-8H,(H,17,18,19). The molecule has 3 aromatic rings. The highest BCUT2D eigenvalue weighted by Crippen LogP contribution is 2.27. The third-order valence-corrected chi connectivity index (χ3v) is 3.49. The van der Waals surface area contributed by atoms with Crippen LogP contribution in [0.1, 0.15) is 0 Å². The van der Waals surface area contributed by atoms with Crippen LogP contribution in [0.15, 0.2) is 53.1 Å². The zero-order valence-corrected chi connectivity index (χ0v) is 12.1. The molecule has 0 spiro atoms. The van der Waals surface area contributed by atoms with Crippen molar-refractivity contribution < 1.29 is 0 Å². The minimum absolute atomic E-state index is 0.634. The lowest BCUT2D eigenvalue weighted by molar-refractivity contribution is 1.27. The van der Waals surface area contributed by atoms with Crippen molar-refractivity contribution in [1.82, 2.24) is 9.97 Å². The Morgan fingerprint density at radius 3 is 2.79 bits per heavy atom. The van der Waals surface area contributed by atoms with Gasteiger partial charge in [0.15, 0.2) is 0 Å². The molecule has 0 saturated carbocycles. The first-order chi connectivity index (χ1) is 9.22. The molecule has 5 heteroatoms. The average molecular weight is 335 g/mol. The highest BCUT2D eigenvalue weighted by atomic mass is 79.9. The highest BCUT2D eigenvalue weighted by molar-refractivity contribution is 9.10. The molecule has 1 N–H and O–H groups in total. The number of benzene rings is 1. The van der Waals surface area contributed by atoms with Crippen LogP contribution in [0.2, 0.25) is 5.02 Å². The van der Waals surface area contributed by atoms with Crippen molar-refractivity contribution in [3.05, 3.63) is 58.2 Å². The summed E-state index contributed by atoms with van der Waals surface area (Å²) in [5, 5.41) is 4.87. The Morgan fingerprint density at radius 1 is 1.11 bits per heavy atom. The monoisotopic (exact) mass is 333 g/mol. The summed E-state index contributed by atoms with van der Waals surface area (Å²) in [6, 6.07) is 13.5. The average Bonchev–Trinajstić information content (AvgIpc) is 2.40. The smallest absolute Gasteiger partial charge is 0.146 e. The third-order valence-electron chi connectivity index (χ3n) is 2.65. The number of para-hydroxylation sites is 1. The van der Waals surface area contributed by atoms with Crippen molar-refractivity contribution in [2.45, 2.75) is 0 Å². The zero-order chi connectivity index (χ0) is 13.2. The van der Waals surface area contributed by atoms with Crippen LogP contribution in [-0.4, -0.2) is 9.97 Å². The van der Waals surface area contributed by atoms with Crippen molar-refractivity contribution in [3.8, 4) is 0 Å². The molecule has 2 aromatic heterocycles. The van der Waals surface area contributed by atoms with Crippen molar-refractivity contribution in [3.63, 3.8) is 0 Å². The van der Waals surface area contributed by atoms with Crippen LogP contribution in [-0.2, 0) is 0 Å². The van der Waals surface area contributed by atoms with E-state index in [0.717, 1.165) is 15.4 Å². The van der Waals surface area contributed by atoms with Gasteiger partial charge < -0.3 is 5.32 Å². The van der Waals surface area contributed by atoms with Gasteiger partial charge in [-0.2, -0.15) is 0 Å². The Hall–Kier alpha value is -1.65. The van der Waals surface area contributed by atoms with Gasteiger partial charge in [-0.05, 0) is 40.2 Å². The highest BCUT2D eigenvalue weighted by Gasteiger charge is 2.05. The van der Waals surface area contributed by atoms with Gasteiger partial charge in [-0.25, -0.2) is 9.97 Å². The summed E-state index contributed by atoms with van der Waals surface area (Å²) in [4.78, 5) is 8.76. The molecular formula is C14H9BrClN3. The van der Waals surface area contributed by atoms with Crippen molar-refractivity contribution in [2.24, 2.45) is 0 Å². The van der Waals surface area contributed by atoms with Crippen LogP contribution >= 0.6 is 27.5 Å². The summed E-state index contributed by atoms with van der Waals surface area (Å²) in [6.07, 6.45) is 1.65. The molecular weight excluding hydrogens is 326 g/mol. The topological polar surface area (TPSA) is 37.8 Å². The van der Waals surface area contributed by atoms with Gasteiger partial charge in [-0.3, -0.25) is 0 Å². The number of nitrogens with one attached hydrogen (secondary N) is 1. The van der Waals surface area contributed by atoms with Gasteiger partial charge >= 0.3 is 0 Å². The summed E-state index contributed by atoms with van der Waals surface area (Å²) in [5.74, 6) is 1.38. The van der Waals surface area contributed by atoms with E-state index in [-0.39, 0.29) is 0 Å². The minimum atomic E-state index is 0.634. The molecule has 94 valence electrons. The van der Waals surface area contributed by atoms with E-state index in [4.69, 9.17) is 11.6 Å². The molecule has 1 aromatic carbocycles. The van der Waals surface area contributed by atoms with E-state index >= 15 is 0 Å². The van der Waals surface area contributed by atoms with Gasteiger partial charge in [0.2, 0.25) is 0 Å². The number of pyridine rings is 2. The maximum absolute atomic E-state index is 5.93. The number of halogens is 2. The molecule has 0 radical (unpaired) electrons. The molecule has 0 aliphatic heterocycles. The maximum atomic E-state index is 5.93. The minimum Gasteiger partial charge on any atom is -0.324 e. The molecule has 0 bridgehead atoms. The normalized spacial score (nSPS) is 10.6. The first-order valence-electron chi connectivity index (χ1n) is 5.66. The largest absolute Gasteiger partial charge is 0.324 e. The number of aromatic nitrogens is 2. The number of rotatable bonds is 2. The summed E-state index contributed by atoms with van der Waals surface area (Å²) in [6.45, 7) is 0. The van der Waals surface area contributed by atoms with Crippen molar-refractivity contribution in [2.75, 3.05) is 5.32 Å². The summed E-state index contributed by atoms with van der Waals surface area (Å²) in [7, 11) is 0. The van der Waals surface area contributed by atoms with E-state index in [9.17, 15) is 0 Å². The second kappa shape index (κ2) is 5.15. The lowest BCUT2D eigenvalue weighted by atomic mass is 10.2. The molecule has 0 fully saturated rings. The van der Waals surface area contributed by atoms with E-state index < -0.39 is 0 Å². The summed E-state index contributed by atoms with van der Waals surface area (Å²) >= 11 is 9.44. The Balaban J connectivity index is 2.03. The molecule has 0 aliphatic rings. The molecule has 0 aliphatic carbocycles. The predicted octanol–water partition coefficient (Wildman–Crippen LogP) is 4.79. The van der Waals surface area contributed by atoms with Gasteiger partial charge in [0.25, 0.3) is 0 Å². The predicted molar refractivity (Wildman–Crippen MR) is 82.0 cm³/mol. The molecule has 3 nitrogen and oxygen atoms in total. The second-order valence-electron chi connectivity index (χ2n) is 4.00. The number of hydrogen-bond acceptors (Lipinski definition) is 3. The summed E-state index contributed by atoms with van der Waals surface area (Å²) in [5.41, 5.74) is 0.926. The Morgan fingerprint density at radius 2 is 1.95 bits per heavy atom. The van der Waals surface area contributed by atoms with E-state index in [2.05, 4.69) is 31.2 Å². The molecule has 0 unspecified atom stereocenters. The fourth-order valence-electron chi connectivity index (χ4n) is 1.77. The molecule has 0 atom stereocenters.